The standard InChI is InChI=1S/C20H19N5O3/c1-28-19(26)13-6-2-3-7-14(13)24-20(27)25-11-9-15-17(23-12-22-15)18(25)16-8-4-5-10-21-16/h2-8,10,12,18H,9,11H2,1H3,(H,22,23)(H,24,27)/t18-/m1/s1. The number of esters is 1. The molecular formula is C20H19N5O3. The van der Waals surface area contributed by atoms with Gasteiger partial charge >= 0.3 is 12.0 Å². The van der Waals surface area contributed by atoms with E-state index in [1.54, 1.807) is 41.7 Å². The van der Waals surface area contributed by atoms with Gasteiger partial charge in [-0.1, -0.05) is 18.2 Å². The van der Waals surface area contributed by atoms with Crippen LogP contribution in [-0.2, 0) is 11.2 Å². The highest BCUT2D eigenvalue weighted by atomic mass is 16.5. The van der Waals surface area contributed by atoms with Crippen LogP contribution in [0.2, 0.25) is 0 Å². The number of pyridine rings is 1. The van der Waals surface area contributed by atoms with Crippen molar-refractivity contribution < 1.29 is 14.3 Å². The Morgan fingerprint density at radius 3 is 2.79 bits per heavy atom. The zero-order chi connectivity index (χ0) is 19.5. The molecule has 8 heteroatoms. The average Bonchev–Trinajstić information content (AvgIpc) is 3.22. The number of carbonyl (C=O) groups excluding carboxylic acids is 2. The van der Waals surface area contributed by atoms with Crippen molar-refractivity contribution in [1.29, 1.82) is 0 Å². The van der Waals surface area contributed by atoms with E-state index >= 15 is 0 Å². The van der Waals surface area contributed by atoms with Crippen LogP contribution in [0.5, 0.6) is 0 Å². The first-order valence-electron chi connectivity index (χ1n) is 8.87. The summed E-state index contributed by atoms with van der Waals surface area (Å²) in [7, 11) is 1.31. The Morgan fingerprint density at radius 1 is 1.18 bits per heavy atom. The lowest BCUT2D eigenvalue weighted by atomic mass is 9.99. The van der Waals surface area contributed by atoms with Gasteiger partial charge in [-0.05, 0) is 24.3 Å². The van der Waals surface area contributed by atoms with Crippen molar-refractivity contribution in [3.63, 3.8) is 0 Å². The summed E-state index contributed by atoms with van der Waals surface area (Å²) >= 11 is 0. The lowest BCUT2D eigenvalue weighted by Crippen LogP contribution is -2.43. The van der Waals surface area contributed by atoms with E-state index in [1.165, 1.54) is 7.11 Å². The minimum Gasteiger partial charge on any atom is -0.465 e. The number of aromatic amines is 1. The zero-order valence-electron chi connectivity index (χ0n) is 15.3. The molecule has 1 atom stereocenters. The van der Waals surface area contributed by atoms with Crippen LogP contribution in [0.1, 0.15) is 33.5 Å². The Balaban J connectivity index is 1.67. The zero-order valence-corrected chi connectivity index (χ0v) is 15.3. The summed E-state index contributed by atoms with van der Waals surface area (Å²) in [5.41, 5.74) is 3.19. The SMILES string of the molecule is COC(=O)c1ccccc1NC(=O)N1CCc2[nH]cnc2[C@H]1c1ccccn1. The van der Waals surface area contributed by atoms with Gasteiger partial charge in [0.15, 0.2) is 0 Å². The molecule has 3 heterocycles. The maximum atomic E-state index is 13.1. The van der Waals surface area contributed by atoms with Gasteiger partial charge in [0.1, 0.15) is 6.04 Å². The maximum Gasteiger partial charge on any atom is 0.339 e. The molecule has 1 aliphatic rings. The molecule has 1 aromatic carbocycles. The second-order valence-electron chi connectivity index (χ2n) is 6.33. The van der Waals surface area contributed by atoms with Crippen LogP contribution in [0.4, 0.5) is 10.5 Å². The Kier molecular flexibility index (Phi) is 4.76. The Hall–Kier alpha value is -3.68. The van der Waals surface area contributed by atoms with Crippen LogP contribution in [-0.4, -0.2) is 45.5 Å². The van der Waals surface area contributed by atoms with Gasteiger partial charge in [-0.25, -0.2) is 14.6 Å². The third-order valence-electron chi connectivity index (χ3n) is 4.73. The molecule has 0 saturated heterocycles. The van der Waals surface area contributed by atoms with Crippen LogP contribution < -0.4 is 5.32 Å². The first-order valence-corrected chi connectivity index (χ1v) is 8.87. The fourth-order valence-electron chi connectivity index (χ4n) is 3.40. The second-order valence-corrected chi connectivity index (χ2v) is 6.33. The van der Waals surface area contributed by atoms with Gasteiger partial charge in [0, 0.05) is 24.9 Å². The number of H-pyrrole nitrogens is 1. The summed E-state index contributed by atoms with van der Waals surface area (Å²) in [5.74, 6) is -0.509. The molecule has 0 spiro atoms. The molecule has 2 aromatic heterocycles. The predicted octanol–water partition coefficient (Wildman–Crippen LogP) is 2.77. The normalized spacial score (nSPS) is 15.6. The predicted molar refractivity (Wildman–Crippen MR) is 102 cm³/mol. The minimum absolute atomic E-state index is 0.296. The molecule has 2 amide bonds. The molecule has 0 bridgehead atoms. The maximum absolute atomic E-state index is 13.1. The van der Waals surface area contributed by atoms with E-state index in [-0.39, 0.29) is 6.03 Å². The van der Waals surface area contributed by atoms with E-state index in [2.05, 4.69) is 20.3 Å². The number of rotatable bonds is 3. The third kappa shape index (κ3) is 3.20. The van der Waals surface area contributed by atoms with E-state index in [0.717, 1.165) is 17.1 Å². The van der Waals surface area contributed by atoms with E-state index in [0.29, 0.717) is 24.2 Å². The topological polar surface area (TPSA) is 100 Å². The number of urea groups is 1. The van der Waals surface area contributed by atoms with Crippen molar-refractivity contribution in [2.24, 2.45) is 0 Å². The summed E-state index contributed by atoms with van der Waals surface area (Å²) in [6, 6.07) is 11.6. The number of hydrogen-bond acceptors (Lipinski definition) is 5. The Morgan fingerprint density at radius 2 is 2.00 bits per heavy atom. The number of nitrogens with one attached hydrogen (secondary N) is 2. The largest absolute Gasteiger partial charge is 0.465 e. The van der Waals surface area contributed by atoms with Gasteiger partial charge < -0.3 is 19.9 Å². The number of nitrogens with zero attached hydrogens (tertiary/aromatic N) is 3. The highest BCUT2D eigenvalue weighted by Crippen LogP contribution is 2.32. The highest BCUT2D eigenvalue weighted by molar-refractivity contribution is 6.01. The van der Waals surface area contributed by atoms with Crippen molar-refractivity contribution in [3.05, 3.63) is 77.6 Å². The van der Waals surface area contributed by atoms with E-state index in [4.69, 9.17) is 4.74 Å². The van der Waals surface area contributed by atoms with Gasteiger partial charge in [0.25, 0.3) is 0 Å². The minimum atomic E-state index is -0.509. The molecule has 28 heavy (non-hydrogen) atoms. The molecule has 8 nitrogen and oxygen atoms in total. The summed E-state index contributed by atoms with van der Waals surface area (Å²) in [6.07, 6.45) is 3.98. The molecule has 1 aliphatic heterocycles. The number of para-hydroxylation sites is 1. The highest BCUT2D eigenvalue weighted by Gasteiger charge is 2.35. The van der Waals surface area contributed by atoms with Crippen LogP contribution in [0.15, 0.2) is 55.0 Å². The number of ether oxygens (including phenoxy) is 1. The molecule has 142 valence electrons. The van der Waals surface area contributed by atoms with Crippen molar-refractivity contribution in [2.75, 3.05) is 19.0 Å². The lowest BCUT2D eigenvalue weighted by Gasteiger charge is -2.34. The fourth-order valence-corrected chi connectivity index (χ4v) is 3.40. The van der Waals surface area contributed by atoms with E-state index < -0.39 is 12.0 Å². The molecule has 0 fully saturated rings. The van der Waals surface area contributed by atoms with Crippen molar-refractivity contribution >= 4 is 17.7 Å². The summed E-state index contributed by atoms with van der Waals surface area (Å²) in [5, 5.41) is 2.84. The number of fused-ring (bicyclic) bond motifs is 1. The number of methoxy groups -OCH3 is 1. The monoisotopic (exact) mass is 377 g/mol. The first kappa shape index (κ1) is 17.7. The molecule has 0 unspecified atom stereocenters. The van der Waals surface area contributed by atoms with Gasteiger partial charge in [-0.3, -0.25) is 4.98 Å². The number of carbonyl (C=O) groups is 2. The van der Waals surface area contributed by atoms with Crippen molar-refractivity contribution in [1.82, 2.24) is 19.9 Å². The Labute approximate surface area is 161 Å². The number of imidazole rings is 1. The summed E-state index contributed by atoms with van der Waals surface area (Å²) in [6.45, 7) is 0.489. The molecule has 0 radical (unpaired) electrons. The quantitative estimate of drug-likeness (QED) is 0.684. The summed E-state index contributed by atoms with van der Waals surface area (Å²) in [4.78, 5) is 38.8. The first-order chi connectivity index (χ1) is 13.7. The number of amides is 2. The van der Waals surface area contributed by atoms with Gasteiger partial charge in [0.2, 0.25) is 0 Å². The molecular weight excluding hydrogens is 358 g/mol. The van der Waals surface area contributed by atoms with Crippen LogP contribution in [0.3, 0.4) is 0 Å². The van der Waals surface area contributed by atoms with Crippen molar-refractivity contribution in [2.45, 2.75) is 12.5 Å². The van der Waals surface area contributed by atoms with Crippen LogP contribution >= 0.6 is 0 Å². The fraction of sp³-hybridized carbons (Fsp3) is 0.200. The van der Waals surface area contributed by atoms with E-state index in [1.807, 2.05) is 18.2 Å². The Bertz CT molecular complexity index is 1000. The number of aromatic nitrogens is 3. The molecule has 0 aliphatic carbocycles. The van der Waals surface area contributed by atoms with E-state index in [9.17, 15) is 9.59 Å². The molecule has 2 N–H and O–H groups in total. The molecule has 4 rings (SSSR count). The lowest BCUT2D eigenvalue weighted by molar-refractivity contribution is 0.0602. The number of anilines is 1. The smallest absolute Gasteiger partial charge is 0.339 e. The number of benzene rings is 1. The van der Waals surface area contributed by atoms with Gasteiger partial charge in [-0.2, -0.15) is 0 Å². The molecule has 0 saturated carbocycles. The van der Waals surface area contributed by atoms with Gasteiger partial charge in [0.05, 0.1) is 36.1 Å². The average molecular weight is 377 g/mol. The number of hydrogen-bond donors (Lipinski definition) is 2. The summed E-state index contributed by atoms with van der Waals surface area (Å²) < 4.78 is 4.80. The molecule has 3 aromatic rings. The van der Waals surface area contributed by atoms with Crippen LogP contribution in [0.25, 0.3) is 0 Å². The van der Waals surface area contributed by atoms with Crippen LogP contribution in [0, 0.1) is 0 Å². The third-order valence-corrected chi connectivity index (χ3v) is 4.73. The second kappa shape index (κ2) is 7.51. The van der Waals surface area contributed by atoms with Gasteiger partial charge in [-0.15, -0.1) is 0 Å². The van der Waals surface area contributed by atoms with Crippen molar-refractivity contribution in [3.8, 4) is 0 Å².